The van der Waals surface area contributed by atoms with E-state index in [9.17, 15) is 5.11 Å². The zero-order chi connectivity index (χ0) is 16.8. The summed E-state index contributed by atoms with van der Waals surface area (Å²) < 4.78 is 0. The molecule has 0 amide bonds. The van der Waals surface area contributed by atoms with E-state index in [2.05, 4.69) is 24.7 Å². The number of hydrogen-bond acceptors (Lipinski definition) is 6. The van der Waals surface area contributed by atoms with Crippen molar-refractivity contribution in [1.82, 2.24) is 14.8 Å². The highest BCUT2D eigenvalue weighted by Crippen LogP contribution is 2.18. The molecule has 0 radical (unpaired) electrons. The predicted octanol–water partition coefficient (Wildman–Crippen LogP) is 1.04. The van der Waals surface area contributed by atoms with Gasteiger partial charge in [0.2, 0.25) is 0 Å². The van der Waals surface area contributed by atoms with Crippen LogP contribution in [0, 0.1) is 0 Å². The lowest BCUT2D eigenvalue weighted by Crippen LogP contribution is -2.51. The maximum Gasteiger partial charge on any atom is 0.191 e. The average molecular weight is 480 g/mol. The SMILES string of the molecule is I.NC(=NCCCN1CCC(O)CC1)N1CCN(c2nccs2)CC1. The second-order valence-electron chi connectivity index (χ2n) is 6.46. The van der Waals surface area contributed by atoms with Crippen LogP contribution in [-0.4, -0.2) is 84.3 Å². The first-order valence-corrected chi connectivity index (χ1v) is 9.70. The van der Waals surface area contributed by atoms with Gasteiger partial charge in [0.15, 0.2) is 11.1 Å². The van der Waals surface area contributed by atoms with Crippen LogP contribution in [-0.2, 0) is 0 Å². The number of nitrogens with zero attached hydrogens (tertiary/aromatic N) is 5. The van der Waals surface area contributed by atoms with Crippen molar-refractivity contribution >= 4 is 46.4 Å². The van der Waals surface area contributed by atoms with E-state index in [0.717, 1.165) is 76.8 Å². The first kappa shape index (κ1) is 20.7. The number of guanidine groups is 1. The molecule has 2 aliphatic heterocycles. The Morgan fingerprint density at radius 1 is 1.24 bits per heavy atom. The number of hydrogen-bond donors (Lipinski definition) is 2. The molecule has 0 aromatic carbocycles. The third kappa shape index (κ3) is 6.22. The first-order valence-electron chi connectivity index (χ1n) is 8.82. The number of rotatable bonds is 5. The number of piperidine rings is 1. The summed E-state index contributed by atoms with van der Waals surface area (Å²) in [4.78, 5) is 15.8. The van der Waals surface area contributed by atoms with E-state index in [-0.39, 0.29) is 30.1 Å². The molecule has 2 aliphatic rings. The van der Waals surface area contributed by atoms with E-state index in [1.165, 1.54) is 0 Å². The molecule has 0 aliphatic carbocycles. The van der Waals surface area contributed by atoms with Gasteiger partial charge in [-0.2, -0.15) is 0 Å². The fourth-order valence-electron chi connectivity index (χ4n) is 3.23. The van der Waals surface area contributed by atoms with Gasteiger partial charge in [0.1, 0.15) is 0 Å². The van der Waals surface area contributed by atoms with Gasteiger partial charge in [-0.1, -0.05) is 0 Å². The first-order chi connectivity index (χ1) is 11.7. The summed E-state index contributed by atoms with van der Waals surface area (Å²) in [7, 11) is 0. The van der Waals surface area contributed by atoms with Gasteiger partial charge < -0.3 is 25.5 Å². The van der Waals surface area contributed by atoms with Crippen LogP contribution in [0.15, 0.2) is 16.6 Å². The van der Waals surface area contributed by atoms with E-state index in [0.29, 0.717) is 5.96 Å². The summed E-state index contributed by atoms with van der Waals surface area (Å²) in [5.41, 5.74) is 6.15. The van der Waals surface area contributed by atoms with Gasteiger partial charge in [0.25, 0.3) is 0 Å². The van der Waals surface area contributed by atoms with Crippen molar-refractivity contribution in [3.05, 3.63) is 11.6 Å². The Hall–Kier alpha value is -0.650. The molecule has 1 aromatic rings. The van der Waals surface area contributed by atoms with Crippen molar-refractivity contribution < 1.29 is 5.11 Å². The number of aliphatic imine (C=N–C) groups is 1. The summed E-state index contributed by atoms with van der Waals surface area (Å²) in [5, 5.41) is 12.6. The van der Waals surface area contributed by atoms with Crippen LogP contribution in [0.25, 0.3) is 0 Å². The topological polar surface area (TPSA) is 81.2 Å². The van der Waals surface area contributed by atoms with Gasteiger partial charge in [0.05, 0.1) is 6.10 Å². The smallest absolute Gasteiger partial charge is 0.191 e. The van der Waals surface area contributed by atoms with Crippen LogP contribution in [0.4, 0.5) is 5.13 Å². The zero-order valence-corrected chi connectivity index (χ0v) is 17.7. The van der Waals surface area contributed by atoms with Gasteiger partial charge in [0, 0.05) is 57.4 Å². The lowest BCUT2D eigenvalue weighted by atomic mass is 10.1. The molecule has 1 aromatic heterocycles. The molecular formula is C16H29IN6OS. The molecule has 9 heteroatoms. The van der Waals surface area contributed by atoms with E-state index in [4.69, 9.17) is 5.73 Å². The number of piperazine rings is 1. The van der Waals surface area contributed by atoms with Crippen molar-refractivity contribution in [3.63, 3.8) is 0 Å². The number of aromatic nitrogens is 1. The Balaban J connectivity index is 0.00000225. The second kappa shape index (κ2) is 10.5. The van der Waals surface area contributed by atoms with Crippen molar-refractivity contribution in [2.45, 2.75) is 25.4 Å². The maximum absolute atomic E-state index is 9.52. The van der Waals surface area contributed by atoms with Gasteiger partial charge in [-0.25, -0.2) is 4.98 Å². The highest BCUT2D eigenvalue weighted by Gasteiger charge is 2.20. The quantitative estimate of drug-likeness (QED) is 0.284. The van der Waals surface area contributed by atoms with Crippen molar-refractivity contribution in [2.75, 3.05) is 57.3 Å². The molecule has 7 nitrogen and oxygen atoms in total. The Labute approximate surface area is 170 Å². The minimum Gasteiger partial charge on any atom is -0.393 e. The van der Waals surface area contributed by atoms with Crippen LogP contribution >= 0.6 is 35.3 Å². The van der Waals surface area contributed by atoms with Crippen LogP contribution in [0.5, 0.6) is 0 Å². The standard InChI is InChI=1S/C16H28N6OS.HI/c17-15(18-4-1-6-20-7-2-14(23)3-8-20)21-9-11-22(12-10-21)16-19-5-13-24-16;/h5,13-14,23H,1-4,6-12H2,(H2,17,18);1H. The van der Waals surface area contributed by atoms with Gasteiger partial charge in [-0.15, -0.1) is 35.3 Å². The monoisotopic (exact) mass is 480 g/mol. The number of aliphatic hydroxyl groups is 1. The van der Waals surface area contributed by atoms with Gasteiger partial charge >= 0.3 is 0 Å². The van der Waals surface area contributed by atoms with Crippen LogP contribution in [0.2, 0.25) is 0 Å². The van der Waals surface area contributed by atoms with Gasteiger partial charge in [-0.3, -0.25) is 4.99 Å². The molecule has 2 saturated heterocycles. The lowest BCUT2D eigenvalue weighted by Gasteiger charge is -2.35. The third-order valence-electron chi connectivity index (χ3n) is 4.76. The molecule has 0 atom stereocenters. The van der Waals surface area contributed by atoms with Crippen molar-refractivity contribution in [1.29, 1.82) is 0 Å². The molecule has 0 unspecified atom stereocenters. The van der Waals surface area contributed by atoms with E-state index < -0.39 is 0 Å². The highest BCUT2D eigenvalue weighted by molar-refractivity contribution is 14.0. The number of nitrogens with two attached hydrogens (primary N) is 1. The molecule has 25 heavy (non-hydrogen) atoms. The van der Waals surface area contributed by atoms with E-state index >= 15 is 0 Å². The van der Waals surface area contributed by atoms with E-state index in [1.807, 2.05) is 11.6 Å². The molecule has 3 rings (SSSR count). The number of thiazole rings is 1. The number of halogens is 1. The summed E-state index contributed by atoms with van der Waals surface area (Å²) in [6.45, 7) is 7.51. The molecule has 0 saturated carbocycles. The molecule has 142 valence electrons. The Kier molecular flexibility index (Phi) is 8.67. The summed E-state index contributed by atoms with van der Waals surface area (Å²) in [6, 6.07) is 0. The van der Waals surface area contributed by atoms with Crippen LogP contribution in [0.3, 0.4) is 0 Å². The molecule has 0 spiro atoms. The Morgan fingerprint density at radius 2 is 1.96 bits per heavy atom. The highest BCUT2D eigenvalue weighted by atomic mass is 127. The summed E-state index contributed by atoms with van der Waals surface area (Å²) in [6.07, 6.45) is 4.57. The number of aliphatic hydroxyl groups excluding tert-OH is 1. The van der Waals surface area contributed by atoms with Gasteiger partial charge in [-0.05, 0) is 25.8 Å². The molecular weight excluding hydrogens is 451 g/mol. The fourth-order valence-corrected chi connectivity index (χ4v) is 3.93. The maximum atomic E-state index is 9.52. The van der Waals surface area contributed by atoms with E-state index in [1.54, 1.807) is 11.3 Å². The summed E-state index contributed by atoms with van der Waals surface area (Å²) in [5.74, 6) is 0.669. The molecule has 3 N–H and O–H groups in total. The number of likely N-dealkylation sites (tertiary alicyclic amines) is 1. The Morgan fingerprint density at radius 3 is 2.60 bits per heavy atom. The van der Waals surface area contributed by atoms with Crippen LogP contribution < -0.4 is 10.6 Å². The lowest BCUT2D eigenvalue weighted by molar-refractivity contribution is 0.0824. The zero-order valence-electron chi connectivity index (χ0n) is 14.6. The second-order valence-corrected chi connectivity index (χ2v) is 7.33. The summed E-state index contributed by atoms with van der Waals surface area (Å²) >= 11 is 1.68. The Bertz CT molecular complexity index is 513. The molecule has 2 fully saturated rings. The third-order valence-corrected chi connectivity index (χ3v) is 5.59. The predicted molar refractivity (Wildman–Crippen MR) is 114 cm³/mol. The van der Waals surface area contributed by atoms with Crippen LogP contribution in [0.1, 0.15) is 19.3 Å². The minimum absolute atomic E-state index is 0. The minimum atomic E-state index is -0.0991. The van der Waals surface area contributed by atoms with Crippen molar-refractivity contribution in [2.24, 2.45) is 10.7 Å². The number of anilines is 1. The average Bonchev–Trinajstić information content (AvgIpc) is 3.15. The fraction of sp³-hybridized carbons (Fsp3) is 0.750. The molecule has 3 heterocycles. The normalized spacial score (nSPS) is 20.6. The van der Waals surface area contributed by atoms with Crippen molar-refractivity contribution in [3.8, 4) is 0 Å². The molecule has 0 bridgehead atoms. The largest absolute Gasteiger partial charge is 0.393 e.